The number of nitriles is 1. The average molecular weight is 300 g/mol. The quantitative estimate of drug-likeness (QED) is 0.687. The molecular formula is C19H16N4. The average Bonchev–Trinajstić information content (AvgIpc) is 3.04. The van der Waals surface area contributed by atoms with Crippen molar-refractivity contribution in [3.63, 3.8) is 0 Å². The summed E-state index contributed by atoms with van der Waals surface area (Å²) in [4.78, 5) is 0. The van der Waals surface area contributed by atoms with Gasteiger partial charge in [0, 0.05) is 5.56 Å². The third kappa shape index (κ3) is 3.72. The summed E-state index contributed by atoms with van der Waals surface area (Å²) in [6.45, 7) is 2.46. The molecule has 0 bridgehead atoms. The molecule has 0 atom stereocenters. The van der Waals surface area contributed by atoms with E-state index in [9.17, 15) is 5.26 Å². The van der Waals surface area contributed by atoms with E-state index in [1.54, 1.807) is 4.68 Å². The second kappa shape index (κ2) is 6.71. The molecule has 2 aromatic carbocycles. The van der Waals surface area contributed by atoms with Crippen LogP contribution in [0.5, 0.6) is 0 Å². The number of allylic oxidation sites excluding steroid dienone is 1. The molecule has 0 aliphatic carbocycles. The number of rotatable bonds is 4. The first kappa shape index (κ1) is 14.7. The van der Waals surface area contributed by atoms with Crippen molar-refractivity contribution >= 4 is 6.08 Å². The molecule has 1 aromatic heterocycles. The molecule has 0 fully saturated rings. The van der Waals surface area contributed by atoms with E-state index >= 15 is 0 Å². The molecule has 23 heavy (non-hydrogen) atoms. The van der Waals surface area contributed by atoms with Crippen LogP contribution in [0.2, 0.25) is 0 Å². The van der Waals surface area contributed by atoms with E-state index in [4.69, 9.17) is 0 Å². The van der Waals surface area contributed by atoms with Gasteiger partial charge in [0.05, 0.1) is 24.4 Å². The fraction of sp³-hybridized carbons (Fsp3) is 0.105. The summed E-state index contributed by atoms with van der Waals surface area (Å²) in [5, 5.41) is 17.6. The standard InChI is InChI=1S/C19H16N4/c1-15-7-9-18(10-8-15)19-14-23(22-21-19)13-17(12-20)11-16-5-3-2-4-6-16/h2-11,14H,13H2,1H3/b17-11+. The molecule has 4 nitrogen and oxygen atoms in total. The predicted octanol–water partition coefficient (Wildman–Crippen LogP) is 3.86. The van der Waals surface area contributed by atoms with Gasteiger partial charge in [-0.2, -0.15) is 5.26 Å². The minimum Gasteiger partial charge on any atom is -0.247 e. The number of hydrogen-bond donors (Lipinski definition) is 0. The molecule has 3 aromatic rings. The Bertz CT molecular complexity index is 852. The lowest BCUT2D eigenvalue weighted by Crippen LogP contribution is -2.00. The third-order valence-electron chi connectivity index (χ3n) is 3.50. The van der Waals surface area contributed by atoms with Crippen LogP contribution in [0.3, 0.4) is 0 Å². The Kier molecular flexibility index (Phi) is 4.30. The van der Waals surface area contributed by atoms with Crippen LogP contribution in [-0.2, 0) is 6.54 Å². The lowest BCUT2D eigenvalue weighted by molar-refractivity contribution is 0.652. The Morgan fingerprint density at radius 1 is 1.13 bits per heavy atom. The first-order valence-electron chi connectivity index (χ1n) is 7.37. The number of benzene rings is 2. The Balaban J connectivity index is 1.79. The van der Waals surface area contributed by atoms with E-state index < -0.39 is 0 Å². The Labute approximate surface area is 135 Å². The van der Waals surface area contributed by atoms with Gasteiger partial charge in [-0.15, -0.1) is 5.10 Å². The normalized spacial score (nSPS) is 11.2. The highest BCUT2D eigenvalue weighted by atomic mass is 15.4. The van der Waals surface area contributed by atoms with Crippen LogP contribution < -0.4 is 0 Å². The van der Waals surface area contributed by atoms with Crippen LogP contribution in [0.25, 0.3) is 17.3 Å². The topological polar surface area (TPSA) is 54.5 Å². The molecule has 0 aliphatic heterocycles. The van der Waals surface area contributed by atoms with Crippen molar-refractivity contribution < 1.29 is 0 Å². The fourth-order valence-electron chi connectivity index (χ4n) is 2.27. The molecule has 0 saturated carbocycles. The van der Waals surface area contributed by atoms with Gasteiger partial charge in [-0.05, 0) is 18.6 Å². The smallest absolute Gasteiger partial charge is 0.113 e. The molecule has 112 valence electrons. The molecule has 0 spiro atoms. The number of aryl methyl sites for hydroxylation is 1. The summed E-state index contributed by atoms with van der Waals surface area (Å²) in [6, 6.07) is 20.2. The summed E-state index contributed by atoms with van der Waals surface area (Å²) < 4.78 is 1.69. The highest BCUT2D eigenvalue weighted by Crippen LogP contribution is 2.17. The lowest BCUT2D eigenvalue weighted by Gasteiger charge is -1.99. The first-order chi connectivity index (χ1) is 11.2. The molecule has 0 radical (unpaired) electrons. The van der Waals surface area contributed by atoms with E-state index in [2.05, 4.69) is 16.4 Å². The van der Waals surface area contributed by atoms with Crippen molar-refractivity contribution in [1.82, 2.24) is 15.0 Å². The zero-order chi connectivity index (χ0) is 16.1. The summed E-state index contributed by atoms with van der Waals surface area (Å²) in [5.74, 6) is 0. The van der Waals surface area contributed by atoms with Crippen LogP contribution in [0.15, 0.2) is 66.4 Å². The molecule has 0 saturated heterocycles. The van der Waals surface area contributed by atoms with Gasteiger partial charge in [0.15, 0.2) is 0 Å². The van der Waals surface area contributed by atoms with E-state index in [0.717, 1.165) is 16.8 Å². The summed E-state index contributed by atoms with van der Waals surface area (Å²) in [7, 11) is 0. The molecule has 0 amide bonds. The monoisotopic (exact) mass is 300 g/mol. The first-order valence-corrected chi connectivity index (χ1v) is 7.37. The summed E-state index contributed by atoms with van der Waals surface area (Å²) in [6.07, 6.45) is 3.73. The van der Waals surface area contributed by atoms with Crippen LogP contribution in [0, 0.1) is 18.3 Å². The van der Waals surface area contributed by atoms with E-state index in [1.165, 1.54) is 5.56 Å². The largest absolute Gasteiger partial charge is 0.247 e. The van der Waals surface area contributed by atoms with Crippen molar-refractivity contribution in [2.75, 3.05) is 0 Å². The molecule has 0 N–H and O–H groups in total. The van der Waals surface area contributed by atoms with Crippen molar-refractivity contribution in [2.45, 2.75) is 13.5 Å². The van der Waals surface area contributed by atoms with Gasteiger partial charge in [-0.3, -0.25) is 0 Å². The predicted molar refractivity (Wildman–Crippen MR) is 90.2 cm³/mol. The number of nitrogens with zero attached hydrogens (tertiary/aromatic N) is 4. The SMILES string of the molecule is Cc1ccc(-c2cn(C/C(C#N)=C/c3ccccc3)nn2)cc1. The minimum atomic E-state index is 0.407. The highest BCUT2D eigenvalue weighted by Gasteiger charge is 2.05. The van der Waals surface area contributed by atoms with Gasteiger partial charge in [0.1, 0.15) is 5.69 Å². The second-order valence-electron chi connectivity index (χ2n) is 5.36. The number of hydrogen-bond acceptors (Lipinski definition) is 3. The van der Waals surface area contributed by atoms with Gasteiger partial charge in [-0.1, -0.05) is 65.4 Å². The zero-order valence-corrected chi connectivity index (χ0v) is 12.8. The molecule has 3 rings (SSSR count). The van der Waals surface area contributed by atoms with E-state index in [1.807, 2.05) is 73.8 Å². The summed E-state index contributed by atoms with van der Waals surface area (Å²) in [5.41, 5.74) is 4.67. The maximum absolute atomic E-state index is 9.32. The Morgan fingerprint density at radius 3 is 2.57 bits per heavy atom. The molecule has 0 unspecified atom stereocenters. The second-order valence-corrected chi connectivity index (χ2v) is 5.36. The van der Waals surface area contributed by atoms with Gasteiger partial charge in [-0.25, -0.2) is 4.68 Å². The van der Waals surface area contributed by atoms with Gasteiger partial charge < -0.3 is 0 Å². The van der Waals surface area contributed by atoms with Crippen LogP contribution in [0.4, 0.5) is 0 Å². The number of aromatic nitrogens is 3. The zero-order valence-electron chi connectivity index (χ0n) is 12.8. The Morgan fingerprint density at radius 2 is 1.87 bits per heavy atom. The molecular weight excluding hydrogens is 284 g/mol. The maximum atomic E-state index is 9.32. The fourth-order valence-corrected chi connectivity index (χ4v) is 2.27. The van der Waals surface area contributed by atoms with Crippen LogP contribution in [-0.4, -0.2) is 15.0 Å². The highest BCUT2D eigenvalue weighted by molar-refractivity contribution is 5.59. The minimum absolute atomic E-state index is 0.407. The molecule has 4 heteroatoms. The third-order valence-corrected chi connectivity index (χ3v) is 3.50. The van der Waals surface area contributed by atoms with Crippen molar-refractivity contribution in [3.8, 4) is 17.3 Å². The maximum Gasteiger partial charge on any atom is 0.113 e. The molecule has 1 heterocycles. The van der Waals surface area contributed by atoms with Gasteiger partial charge in [0.2, 0.25) is 0 Å². The van der Waals surface area contributed by atoms with Gasteiger partial charge >= 0.3 is 0 Å². The van der Waals surface area contributed by atoms with E-state index in [0.29, 0.717) is 12.1 Å². The van der Waals surface area contributed by atoms with E-state index in [-0.39, 0.29) is 0 Å². The van der Waals surface area contributed by atoms with Crippen LogP contribution in [0.1, 0.15) is 11.1 Å². The van der Waals surface area contributed by atoms with Crippen molar-refractivity contribution in [3.05, 3.63) is 77.5 Å². The Hall–Kier alpha value is -3.19. The lowest BCUT2D eigenvalue weighted by atomic mass is 10.1. The molecule has 0 aliphatic rings. The van der Waals surface area contributed by atoms with Crippen LogP contribution >= 0.6 is 0 Å². The van der Waals surface area contributed by atoms with Crippen molar-refractivity contribution in [1.29, 1.82) is 5.26 Å². The summed E-state index contributed by atoms with van der Waals surface area (Å²) >= 11 is 0. The van der Waals surface area contributed by atoms with Gasteiger partial charge in [0.25, 0.3) is 0 Å². The van der Waals surface area contributed by atoms with Crippen molar-refractivity contribution in [2.24, 2.45) is 0 Å².